The van der Waals surface area contributed by atoms with Crippen LogP contribution in [0.25, 0.3) is 5.76 Å². The molecule has 0 aliphatic carbocycles. The van der Waals surface area contributed by atoms with Crippen LogP contribution in [0.2, 0.25) is 10.0 Å². The van der Waals surface area contributed by atoms with Crippen LogP contribution in [-0.2, 0) is 9.59 Å². The number of aliphatic hydroxyl groups excluding tert-OH is 1. The predicted octanol–water partition coefficient (Wildman–Crippen LogP) is 6.11. The van der Waals surface area contributed by atoms with Gasteiger partial charge in [0.1, 0.15) is 17.3 Å². The maximum atomic E-state index is 13.2. The molecule has 0 aromatic heterocycles. The Morgan fingerprint density at radius 2 is 1.74 bits per heavy atom. The molecule has 1 saturated heterocycles. The van der Waals surface area contributed by atoms with Gasteiger partial charge in [0.05, 0.1) is 28.3 Å². The van der Waals surface area contributed by atoms with Crippen LogP contribution < -0.4 is 9.64 Å². The van der Waals surface area contributed by atoms with Crippen molar-refractivity contribution in [3.63, 3.8) is 0 Å². The van der Waals surface area contributed by atoms with Crippen LogP contribution in [-0.4, -0.2) is 28.5 Å². The second kappa shape index (κ2) is 9.79. The summed E-state index contributed by atoms with van der Waals surface area (Å²) in [6, 6.07) is 16.3. The van der Waals surface area contributed by atoms with Crippen LogP contribution in [0.1, 0.15) is 30.5 Å². The molecule has 0 radical (unpaired) electrons. The van der Waals surface area contributed by atoms with E-state index in [0.29, 0.717) is 34.2 Å². The number of aliphatic hydroxyl groups is 1. The standard InChI is InChI=1S/C26H21Cl2NO5/c1-2-12-34-19-9-6-15(7-10-19)24(31)22-23(16-4-3-5-18(30)13-16)29(26(33)25(22)32)17-8-11-20(27)21(28)14-17/h3-11,13-14,23,30-31H,2,12H2,1H3/b24-22+. The molecule has 0 saturated carbocycles. The molecule has 1 atom stereocenters. The first-order valence-corrected chi connectivity index (χ1v) is 11.4. The van der Waals surface area contributed by atoms with E-state index < -0.39 is 17.7 Å². The summed E-state index contributed by atoms with van der Waals surface area (Å²) in [7, 11) is 0. The van der Waals surface area contributed by atoms with E-state index in [1.54, 1.807) is 42.5 Å². The Kier molecular flexibility index (Phi) is 6.82. The van der Waals surface area contributed by atoms with Crippen molar-refractivity contribution in [3.8, 4) is 11.5 Å². The number of phenolic OH excluding ortho intramolecular Hbond substituents is 1. The number of nitrogens with zero attached hydrogens (tertiary/aromatic N) is 1. The highest BCUT2D eigenvalue weighted by Gasteiger charge is 2.47. The summed E-state index contributed by atoms with van der Waals surface area (Å²) < 4.78 is 5.57. The molecule has 1 heterocycles. The first-order valence-electron chi connectivity index (χ1n) is 10.6. The Morgan fingerprint density at radius 1 is 1.00 bits per heavy atom. The topological polar surface area (TPSA) is 87.1 Å². The Morgan fingerprint density at radius 3 is 2.38 bits per heavy atom. The van der Waals surface area contributed by atoms with E-state index in [1.165, 1.54) is 29.2 Å². The van der Waals surface area contributed by atoms with Gasteiger partial charge in [0, 0.05) is 11.3 Å². The molecule has 1 fully saturated rings. The first-order chi connectivity index (χ1) is 16.3. The van der Waals surface area contributed by atoms with E-state index in [1.807, 2.05) is 6.92 Å². The summed E-state index contributed by atoms with van der Waals surface area (Å²) in [6.07, 6.45) is 0.851. The SMILES string of the molecule is CCCOc1ccc(/C(O)=C2\C(=O)C(=O)N(c3ccc(Cl)c(Cl)c3)C2c2cccc(O)c2)cc1. The summed E-state index contributed by atoms with van der Waals surface area (Å²) >= 11 is 12.2. The van der Waals surface area contributed by atoms with Crippen molar-refractivity contribution in [2.24, 2.45) is 0 Å². The number of aromatic hydroxyl groups is 1. The average molecular weight is 498 g/mol. The van der Waals surface area contributed by atoms with Crippen molar-refractivity contribution >= 4 is 46.3 Å². The lowest BCUT2D eigenvalue weighted by molar-refractivity contribution is -0.132. The van der Waals surface area contributed by atoms with Crippen molar-refractivity contribution in [2.75, 3.05) is 11.5 Å². The number of carbonyl (C=O) groups is 2. The molecular weight excluding hydrogens is 477 g/mol. The zero-order chi connectivity index (χ0) is 24.4. The minimum absolute atomic E-state index is 0.0466. The Balaban J connectivity index is 1.87. The van der Waals surface area contributed by atoms with Gasteiger partial charge in [-0.3, -0.25) is 14.5 Å². The maximum Gasteiger partial charge on any atom is 0.300 e. The molecule has 34 heavy (non-hydrogen) atoms. The van der Waals surface area contributed by atoms with Crippen molar-refractivity contribution < 1.29 is 24.5 Å². The number of hydrogen-bond acceptors (Lipinski definition) is 5. The van der Waals surface area contributed by atoms with Gasteiger partial charge in [0.25, 0.3) is 11.7 Å². The van der Waals surface area contributed by atoms with Crippen LogP contribution in [0.3, 0.4) is 0 Å². The molecule has 174 valence electrons. The van der Waals surface area contributed by atoms with Crippen molar-refractivity contribution in [2.45, 2.75) is 19.4 Å². The van der Waals surface area contributed by atoms with Gasteiger partial charge in [-0.15, -0.1) is 0 Å². The lowest BCUT2D eigenvalue weighted by atomic mass is 9.95. The second-order valence-electron chi connectivity index (χ2n) is 7.74. The number of halogens is 2. The molecular formula is C26H21Cl2NO5. The number of amides is 1. The molecule has 2 N–H and O–H groups in total. The van der Waals surface area contributed by atoms with Crippen LogP contribution in [0.4, 0.5) is 5.69 Å². The van der Waals surface area contributed by atoms with Crippen molar-refractivity contribution in [1.29, 1.82) is 0 Å². The third-order valence-electron chi connectivity index (χ3n) is 5.41. The number of carbonyl (C=O) groups excluding carboxylic acids is 2. The molecule has 0 spiro atoms. The molecule has 1 aliphatic heterocycles. The number of hydrogen-bond donors (Lipinski definition) is 2. The number of benzene rings is 3. The fourth-order valence-corrected chi connectivity index (χ4v) is 4.12. The number of phenols is 1. The number of rotatable bonds is 6. The Labute approximate surface area is 206 Å². The van der Waals surface area contributed by atoms with Crippen LogP contribution in [0.5, 0.6) is 11.5 Å². The van der Waals surface area contributed by atoms with Gasteiger partial charge in [-0.05, 0) is 66.6 Å². The fourth-order valence-electron chi connectivity index (χ4n) is 3.83. The fraction of sp³-hybridized carbons (Fsp3) is 0.154. The molecule has 8 heteroatoms. The lowest BCUT2D eigenvalue weighted by Gasteiger charge is -2.25. The minimum Gasteiger partial charge on any atom is -0.508 e. The monoisotopic (exact) mass is 497 g/mol. The Bertz CT molecular complexity index is 1290. The summed E-state index contributed by atoms with van der Waals surface area (Å²) in [5.74, 6) is -1.45. The van der Waals surface area contributed by atoms with Gasteiger partial charge in [0.2, 0.25) is 0 Å². The smallest absolute Gasteiger partial charge is 0.300 e. The summed E-state index contributed by atoms with van der Waals surface area (Å²) in [4.78, 5) is 27.6. The van der Waals surface area contributed by atoms with Gasteiger partial charge >= 0.3 is 0 Å². The van der Waals surface area contributed by atoms with Gasteiger partial charge in [-0.1, -0.05) is 42.3 Å². The third kappa shape index (κ3) is 4.47. The lowest BCUT2D eigenvalue weighted by Crippen LogP contribution is -2.29. The van der Waals surface area contributed by atoms with E-state index in [0.717, 1.165) is 6.42 Å². The zero-order valence-electron chi connectivity index (χ0n) is 18.2. The van der Waals surface area contributed by atoms with E-state index in [4.69, 9.17) is 27.9 Å². The Hall–Kier alpha value is -3.48. The van der Waals surface area contributed by atoms with Crippen LogP contribution in [0, 0.1) is 0 Å². The molecule has 1 unspecified atom stereocenters. The average Bonchev–Trinajstić information content (AvgIpc) is 3.10. The summed E-state index contributed by atoms with van der Waals surface area (Å²) in [5.41, 5.74) is 1.01. The highest BCUT2D eigenvalue weighted by atomic mass is 35.5. The van der Waals surface area contributed by atoms with Crippen LogP contribution in [0.15, 0.2) is 72.3 Å². The number of anilines is 1. The molecule has 6 nitrogen and oxygen atoms in total. The molecule has 3 aromatic rings. The van der Waals surface area contributed by atoms with Gasteiger partial charge in [-0.2, -0.15) is 0 Å². The highest BCUT2D eigenvalue weighted by molar-refractivity contribution is 6.52. The number of ketones is 1. The third-order valence-corrected chi connectivity index (χ3v) is 6.15. The summed E-state index contributed by atoms with van der Waals surface area (Å²) in [6.45, 7) is 2.55. The quantitative estimate of drug-likeness (QED) is 0.243. The number of Topliss-reactive ketones (excluding diaryl/α,β-unsaturated/α-hetero) is 1. The molecule has 3 aromatic carbocycles. The van der Waals surface area contributed by atoms with Crippen molar-refractivity contribution in [1.82, 2.24) is 0 Å². The van der Waals surface area contributed by atoms with Gasteiger partial charge in [0.15, 0.2) is 0 Å². The van der Waals surface area contributed by atoms with E-state index in [2.05, 4.69) is 0 Å². The van der Waals surface area contributed by atoms with Gasteiger partial charge < -0.3 is 14.9 Å². The highest BCUT2D eigenvalue weighted by Crippen LogP contribution is 2.43. The molecule has 1 amide bonds. The normalized spacial score (nSPS) is 17.3. The van der Waals surface area contributed by atoms with Crippen molar-refractivity contribution in [3.05, 3.63) is 93.5 Å². The molecule has 0 bridgehead atoms. The zero-order valence-corrected chi connectivity index (χ0v) is 19.7. The van der Waals surface area contributed by atoms with E-state index in [-0.39, 0.29) is 22.1 Å². The van der Waals surface area contributed by atoms with Gasteiger partial charge in [-0.25, -0.2) is 0 Å². The van der Waals surface area contributed by atoms with Crippen LogP contribution >= 0.6 is 23.2 Å². The second-order valence-corrected chi connectivity index (χ2v) is 8.55. The predicted molar refractivity (Wildman–Crippen MR) is 132 cm³/mol. The molecule has 1 aliphatic rings. The largest absolute Gasteiger partial charge is 0.508 e. The van der Waals surface area contributed by atoms with E-state index >= 15 is 0 Å². The summed E-state index contributed by atoms with van der Waals surface area (Å²) in [5, 5.41) is 21.7. The first kappa shape index (κ1) is 23.7. The molecule has 4 rings (SSSR count). The number of ether oxygens (including phenoxy) is 1. The van der Waals surface area contributed by atoms with E-state index in [9.17, 15) is 19.8 Å². The minimum atomic E-state index is -1.000. The maximum absolute atomic E-state index is 13.2.